The highest BCUT2D eigenvalue weighted by Gasteiger charge is 2.21. The molecular weight excluding hydrogens is 244 g/mol. The third kappa shape index (κ3) is 2.41. The smallest absolute Gasteiger partial charge is 0.212 e. The van der Waals surface area contributed by atoms with Gasteiger partial charge in [0.25, 0.3) is 0 Å². The van der Waals surface area contributed by atoms with Crippen molar-refractivity contribution in [3.05, 3.63) is 52.7 Å². The van der Waals surface area contributed by atoms with E-state index in [0.717, 1.165) is 29.2 Å². The van der Waals surface area contributed by atoms with Crippen LogP contribution in [0.1, 0.15) is 30.6 Å². The van der Waals surface area contributed by atoms with Crippen LogP contribution < -0.4 is 0 Å². The molecule has 92 valence electrons. The van der Waals surface area contributed by atoms with Crippen molar-refractivity contribution in [3.8, 4) is 11.3 Å². The van der Waals surface area contributed by atoms with E-state index in [0.29, 0.717) is 0 Å². The van der Waals surface area contributed by atoms with Gasteiger partial charge in [-0.3, -0.25) is 0 Å². The lowest BCUT2D eigenvalue weighted by molar-refractivity contribution is 0.497. The minimum Gasteiger partial charge on any atom is -0.212 e. The van der Waals surface area contributed by atoms with Crippen molar-refractivity contribution in [2.75, 3.05) is 0 Å². The summed E-state index contributed by atoms with van der Waals surface area (Å²) in [5.74, 6) is 2.10. The maximum Gasteiger partial charge on any atom is 0.360 e. The monoisotopic (exact) mass is 259 g/mol. The molecule has 0 saturated carbocycles. The van der Waals surface area contributed by atoms with E-state index in [1.807, 2.05) is 24.3 Å². The van der Waals surface area contributed by atoms with E-state index in [9.17, 15) is 0 Å². The van der Waals surface area contributed by atoms with E-state index >= 15 is 0 Å². The molecule has 1 aromatic heterocycles. The number of benzene rings is 1. The summed E-state index contributed by atoms with van der Waals surface area (Å²) in [4.78, 5) is 0. The first kappa shape index (κ1) is 11.7. The van der Waals surface area contributed by atoms with E-state index in [1.54, 1.807) is 0 Å². The van der Waals surface area contributed by atoms with Crippen molar-refractivity contribution in [2.24, 2.45) is 0 Å². The molecule has 0 amide bonds. The van der Waals surface area contributed by atoms with Gasteiger partial charge in [-0.25, -0.2) is 4.42 Å². The molecule has 18 heavy (non-hydrogen) atoms. The fourth-order valence-corrected chi connectivity index (χ4v) is 2.61. The van der Waals surface area contributed by atoms with E-state index < -0.39 is 0 Å². The summed E-state index contributed by atoms with van der Waals surface area (Å²) in [5, 5.41) is 0.758. The van der Waals surface area contributed by atoms with Gasteiger partial charge in [0.2, 0.25) is 0 Å². The molecule has 2 heteroatoms. The third-order valence-electron chi connectivity index (χ3n) is 3.51. The Bertz CT molecular complexity index is 546. The van der Waals surface area contributed by atoms with E-state index in [-0.39, 0.29) is 0 Å². The largest absolute Gasteiger partial charge is 0.360 e. The molecule has 1 nitrogen and oxygen atoms in total. The predicted molar refractivity (Wildman–Crippen MR) is 74.8 cm³/mol. The predicted octanol–water partition coefficient (Wildman–Crippen LogP) is 5.15. The molecule has 2 aromatic rings. The molecule has 3 rings (SSSR count). The number of hydrogen-bond donors (Lipinski definition) is 0. The van der Waals surface area contributed by atoms with E-state index in [1.165, 1.54) is 30.6 Å². The molecule has 0 saturated heterocycles. The van der Waals surface area contributed by atoms with Crippen LogP contribution in [0.2, 0.25) is 5.02 Å². The lowest BCUT2D eigenvalue weighted by Gasteiger charge is -1.97. The Hall–Kier alpha value is -1.34. The zero-order valence-corrected chi connectivity index (χ0v) is 11.0. The number of rotatable bonds is 1. The first-order chi connectivity index (χ1) is 8.83. The third-order valence-corrected chi connectivity index (χ3v) is 3.76. The zero-order chi connectivity index (χ0) is 12.4. The van der Waals surface area contributed by atoms with Crippen molar-refractivity contribution >= 4 is 11.6 Å². The Morgan fingerprint density at radius 2 is 1.61 bits per heavy atom. The molecule has 0 N–H and O–H groups in total. The van der Waals surface area contributed by atoms with Crippen LogP contribution in [0.25, 0.3) is 11.3 Å². The van der Waals surface area contributed by atoms with Gasteiger partial charge in [0.1, 0.15) is 0 Å². The van der Waals surface area contributed by atoms with Crippen molar-refractivity contribution < 1.29 is 4.42 Å². The normalized spacial score (nSPS) is 14.9. The lowest BCUT2D eigenvalue weighted by Crippen LogP contribution is -1.91. The van der Waals surface area contributed by atoms with E-state index in [2.05, 4.69) is 12.1 Å². The highest BCUT2D eigenvalue weighted by molar-refractivity contribution is 6.30. The second kappa shape index (κ2) is 5.11. The van der Waals surface area contributed by atoms with Gasteiger partial charge in [0.15, 0.2) is 0 Å². The van der Waals surface area contributed by atoms with Crippen LogP contribution in [-0.4, -0.2) is 0 Å². The molecule has 0 radical (unpaired) electrons. The molecule has 0 unspecified atom stereocenters. The van der Waals surface area contributed by atoms with Crippen LogP contribution >= 0.6 is 11.6 Å². The minimum atomic E-state index is 0.758. The van der Waals surface area contributed by atoms with Gasteiger partial charge in [-0.1, -0.05) is 18.0 Å². The van der Waals surface area contributed by atoms with Crippen LogP contribution in [-0.2, 0) is 12.8 Å². The summed E-state index contributed by atoms with van der Waals surface area (Å²) >= 11 is 5.91. The number of halogens is 1. The van der Waals surface area contributed by atoms with Gasteiger partial charge < -0.3 is 0 Å². The molecule has 0 spiro atoms. The minimum absolute atomic E-state index is 0.758. The first-order valence-corrected chi connectivity index (χ1v) is 6.91. The highest BCUT2D eigenvalue weighted by atomic mass is 35.5. The first-order valence-electron chi connectivity index (χ1n) is 6.54. The fraction of sp³-hybridized carbons (Fsp3) is 0.312. The fourth-order valence-electron chi connectivity index (χ4n) is 2.48. The zero-order valence-electron chi connectivity index (χ0n) is 10.3. The number of fused-ring (bicyclic) bond motifs is 1. The topological polar surface area (TPSA) is 11.3 Å². The summed E-state index contributed by atoms with van der Waals surface area (Å²) in [6.07, 6.45) is 6.04. The summed E-state index contributed by atoms with van der Waals surface area (Å²) < 4.78 is 6.06. The Labute approximate surface area is 112 Å². The van der Waals surface area contributed by atoms with Crippen LogP contribution in [0.5, 0.6) is 0 Å². The summed E-state index contributed by atoms with van der Waals surface area (Å²) in [6.45, 7) is 0. The maximum atomic E-state index is 6.06. The second-order valence-electron chi connectivity index (χ2n) is 4.82. The summed E-state index contributed by atoms with van der Waals surface area (Å²) in [5.41, 5.74) is 2.47. The number of aryl methyl sites for hydroxylation is 2. The quantitative estimate of drug-likeness (QED) is 0.509. The highest BCUT2D eigenvalue weighted by Crippen LogP contribution is 2.27. The lowest BCUT2D eigenvalue weighted by atomic mass is 10.1. The van der Waals surface area contributed by atoms with Crippen molar-refractivity contribution in [1.82, 2.24) is 0 Å². The van der Waals surface area contributed by atoms with Gasteiger partial charge in [-0.2, -0.15) is 0 Å². The number of hydrogen-bond acceptors (Lipinski definition) is 0. The van der Waals surface area contributed by atoms with Crippen LogP contribution in [0.15, 0.2) is 40.8 Å². The average molecular weight is 260 g/mol. The van der Waals surface area contributed by atoms with Gasteiger partial charge >= 0.3 is 11.5 Å². The van der Waals surface area contributed by atoms with Crippen LogP contribution in [0, 0.1) is 0 Å². The van der Waals surface area contributed by atoms with Crippen molar-refractivity contribution in [3.63, 3.8) is 0 Å². The van der Waals surface area contributed by atoms with Gasteiger partial charge in [0, 0.05) is 11.1 Å². The summed E-state index contributed by atoms with van der Waals surface area (Å²) in [6, 6.07) is 12.1. The Morgan fingerprint density at radius 1 is 0.833 bits per heavy atom. The molecule has 1 aliphatic rings. The molecule has 1 heterocycles. The van der Waals surface area contributed by atoms with Gasteiger partial charge in [-0.05, 0) is 49.6 Å². The Morgan fingerprint density at radius 3 is 2.44 bits per heavy atom. The molecular formula is C16H16ClO+. The van der Waals surface area contributed by atoms with Crippen molar-refractivity contribution in [1.29, 1.82) is 0 Å². The standard InChI is InChI=1S/C16H16ClO/c17-14-9-6-13(7-10-14)16-11-8-12-4-2-1-3-5-15(12)18-16/h6-11H,1-5H2/q+1. The molecule has 0 aliphatic heterocycles. The van der Waals surface area contributed by atoms with Crippen LogP contribution in [0.4, 0.5) is 0 Å². The van der Waals surface area contributed by atoms with Gasteiger partial charge in [-0.15, -0.1) is 0 Å². The molecule has 0 atom stereocenters. The SMILES string of the molecule is Clc1ccc(-c2ccc3c([o+]2)CCCCC3)cc1. The Kier molecular flexibility index (Phi) is 3.33. The van der Waals surface area contributed by atoms with Gasteiger partial charge in [0.05, 0.1) is 17.5 Å². The van der Waals surface area contributed by atoms with Crippen LogP contribution in [0.3, 0.4) is 0 Å². The molecule has 1 aromatic carbocycles. The molecule has 0 fully saturated rings. The maximum absolute atomic E-state index is 6.06. The molecule has 0 bridgehead atoms. The van der Waals surface area contributed by atoms with E-state index in [4.69, 9.17) is 16.0 Å². The summed E-state index contributed by atoms with van der Waals surface area (Å²) in [7, 11) is 0. The second-order valence-corrected chi connectivity index (χ2v) is 5.25. The molecule has 1 aliphatic carbocycles. The Balaban J connectivity index is 1.98. The average Bonchev–Trinajstić information content (AvgIpc) is 2.64. The van der Waals surface area contributed by atoms with Crippen molar-refractivity contribution in [2.45, 2.75) is 32.1 Å².